The van der Waals surface area contributed by atoms with Gasteiger partial charge in [-0.05, 0) is 29.8 Å². The zero-order chi connectivity index (χ0) is 18.6. The van der Waals surface area contributed by atoms with Gasteiger partial charge in [0.1, 0.15) is 12.4 Å². The highest BCUT2D eigenvalue weighted by Crippen LogP contribution is 2.20. The Labute approximate surface area is 168 Å². The largest absolute Gasteiger partial charge is 0.339 e. The molecule has 0 radical (unpaired) electrons. The third kappa shape index (κ3) is 4.20. The van der Waals surface area contributed by atoms with Crippen molar-refractivity contribution in [2.75, 3.05) is 32.4 Å². The summed E-state index contributed by atoms with van der Waals surface area (Å²) < 4.78 is 2.09. The first-order valence-corrected chi connectivity index (χ1v) is 11.5. The lowest BCUT2D eigenvalue weighted by molar-refractivity contribution is -0.133. The number of aromatic nitrogens is 2. The number of para-hydroxylation sites is 2. The number of benzene rings is 1. The Hall–Kier alpha value is -1.83. The van der Waals surface area contributed by atoms with Crippen LogP contribution >= 0.6 is 23.1 Å². The highest BCUT2D eigenvalue weighted by atomic mass is 32.2. The normalized spacial score (nSPS) is 15.5. The number of imidazole rings is 1. The molecular formula is C20H24N4OS2. The number of carbonyl (C=O) groups is 1. The predicted molar refractivity (Wildman–Crippen MR) is 113 cm³/mol. The van der Waals surface area contributed by atoms with Gasteiger partial charge in [-0.25, -0.2) is 4.98 Å². The Bertz CT molecular complexity index is 898. The standard InChI is InChI=1S/C20H24N4OS2/c1-26-15-19-21-17-6-2-3-7-18(17)24(19)14-20(25)23-10-8-22(9-11-23)13-16-5-4-12-27-16/h2-7,12H,8-11,13-15H2,1H3. The Balaban J connectivity index is 1.41. The molecule has 1 amide bonds. The lowest BCUT2D eigenvalue weighted by atomic mass is 10.3. The SMILES string of the molecule is CSCc1nc2ccccc2n1CC(=O)N1CCN(Cc2cccs2)CC1. The van der Waals surface area contributed by atoms with Gasteiger partial charge in [0.15, 0.2) is 0 Å². The maximum Gasteiger partial charge on any atom is 0.242 e. The van der Waals surface area contributed by atoms with Crippen LogP contribution in [0.2, 0.25) is 0 Å². The van der Waals surface area contributed by atoms with Gasteiger partial charge in [0.2, 0.25) is 5.91 Å². The molecular weight excluding hydrogens is 376 g/mol. The van der Waals surface area contributed by atoms with E-state index in [0.29, 0.717) is 6.54 Å². The highest BCUT2D eigenvalue weighted by Gasteiger charge is 2.23. The summed E-state index contributed by atoms with van der Waals surface area (Å²) in [6.45, 7) is 4.84. The van der Waals surface area contributed by atoms with Gasteiger partial charge in [-0.15, -0.1) is 11.3 Å². The maximum absolute atomic E-state index is 12.9. The Kier molecular flexibility index (Phi) is 5.80. The van der Waals surface area contributed by atoms with Gasteiger partial charge in [0, 0.05) is 37.6 Å². The molecule has 0 unspecified atom stereocenters. The van der Waals surface area contributed by atoms with Crippen molar-refractivity contribution in [2.24, 2.45) is 0 Å². The first kappa shape index (κ1) is 18.5. The van der Waals surface area contributed by atoms with E-state index in [1.165, 1.54) is 4.88 Å². The minimum Gasteiger partial charge on any atom is -0.339 e. The number of nitrogens with zero attached hydrogens (tertiary/aromatic N) is 4. The van der Waals surface area contributed by atoms with Crippen molar-refractivity contribution < 1.29 is 4.79 Å². The van der Waals surface area contributed by atoms with E-state index in [1.54, 1.807) is 23.1 Å². The van der Waals surface area contributed by atoms with Crippen LogP contribution in [0.25, 0.3) is 11.0 Å². The second kappa shape index (κ2) is 8.46. The molecule has 3 aromatic rings. The van der Waals surface area contributed by atoms with Gasteiger partial charge in [0.25, 0.3) is 0 Å². The van der Waals surface area contributed by atoms with Crippen molar-refractivity contribution >= 4 is 40.0 Å². The van der Waals surface area contributed by atoms with Crippen LogP contribution in [0.15, 0.2) is 41.8 Å². The molecule has 0 atom stereocenters. The van der Waals surface area contributed by atoms with E-state index in [-0.39, 0.29) is 5.91 Å². The van der Waals surface area contributed by atoms with Gasteiger partial charge >= 0.3 is 0 Å². The zero-order valence-electron chi connectivity index (χ0n) is 15.5. The fraction of sp³-hybridized carbons (Fsp3) is 0.400. The molecule has 4 rings (SSSR count). The molecule has 0 bridgehead atoms. The Morgan fingerprint density at radius 2 is 1.96 bits per heavy atom. The number of carbonyl (C=O) groups excluding carboxylic acids is 1. The predicted octanol–water partition coefficient (Wildman–Crippen LogP) is 3.31. The molecule has 1 saturated heterocycles. The molecule has 0 N–H and O–H groups in total. The molecule has 0 aliphatic carbocycles. The summed E-state index contributed by atoms with van der Waals surface area (Å²) in [5.74, 6) is 1.99. The van der Waals surface area contributed by atoms with E-state index in [2.05, 4.69) is 39.3 Å². The van der Waals surface area contributed by atoms with Crippen molar-refractivity contribution in [3.63, 3.8) is 0 Å². The van der Waals surface area contributed by atoms with Crippen LogP contribution in [-0.2, 0) is 23.6 Å². The van der Waals surface area contributed by atoms with Crippen LogP contribution in [0.3, 0.4) is 0 Å². The Morgan fingerprint density at radius 3 is 2.70 bits per heavy atom. The van der Waals surface area contributed by atoms with E-state index in [9.17, 15) is 4.79 Å². The van der Waals surface area contributed by atoms with E-state index in [0.717, 1.165) is 55.3 Å². The summed E-state index contributed by atoms with van der Waals surface area (Å²) in [6.07, 6.45) is 2.07. The summed E-state index contributed by atoms with van der Waals surface area (Å²) in [5, 5.41) is 2.12. The third-order valence-electron chi connectivity index (χ3n) is 4.98. The lowest BCUT2D eigenvalue weighted by Gasteiger charge is -2.34. The number of thioether (sulfide) groups is 1. The van der Waals surface area contributed by atoms with Crippen molar-refractivity contribution in [3.05, 3.63) is 52.5 Å². The number of rotatable bonds is 6. The molecule has 1 fully saturated rings. The maximum atomic E-state index is 12.9. The molecule has 142 valence electrons. The van der Waals surface area contributed by atoms with Crippen LogP contribution in [0, 0.1) is 0 Å². The fourth-order valence-corrected chi connectivity index (χ4v) is 4.78. The number of hydrogen-bond donors (Lipinski definition) is 0. The van der Waals surface area contributed by atoms with Crippen LogP contribution in [0.5, 0.6) is 0 Å². The molecule has 0 saturated carbocycles. The van der Waals surface area contributed by atoms with Gasteiger partial charge in [-0.3, -0.25) is 9.69 Å². The molecule has 3 heterocycles. The molecule has 0 spiro atoms. The first-order valence-electron chi connectivity index (χ1n) is 9.20. The van der Waals surface area contributed by atoms with Gasteiger partial charge < -0.3 is 9.47 Å². The topological polar surface area (TPSA) is 41.4 Å². The average molecular weight is 401 g/mol. The summed E-state index contributed by atoms with van der Waals surface area (Å²) in [6, 6.07) is 12.4. The number of hydrogen-bond acceptors (Lipinski definition) is 5. The number of piperazine rings is 1. The molecule has 2 aromatic heterocycles. The van der Waals surface area contributed by atoms with Crippen molar-refractivity contribution in [1.82, 2.24) is 19.4 Å². The number of fused-ring (bicyclic) bond motifs is 1. The molecule has 27 heavy (non-hydrogen) atoms. The third-order valence-corrected chi connectivity index (χ3v) is 6.39. The molecule has 7 heteroatoms. The summed E-state index contributed by atoms with van der Waals surface area (Å²) in [7, 11) is 0. The van der Waals surface area contributed by atoms with E-state index in [1.807, 2.05) is 23.1 Å². The minimum absolute atomic E-state index is 0.191. The molecule has 1 aliphatic heterocycles. The second-order valence-electron chi connectivity index (χ2n) is 6.77. The average Bonchev–Trinajstić information content (AvgIpc) is 3.31. The van der Waals surface area contributed by atoms with Gasteiger partial charge in [-0.1, -0.05) is 18.2 Å². The van der Waals surface area contributed by atoms with Gasteiger partial charge in [0.05, 0.1) is 16.8 Å². The van der Waals surface area contributed by atoms with E-state index < -0.39 is 0 Å². The smallest absolute Gasteiger partial charge is 0.242 e. The zero-order valence-corrected chi connectivity index (χ0v) is 17.1. The quantitative estimate of drug-likeness (QED) is 0.637. The summed E-state index contributed by atoms with van der Waals surface area (Å²) in [5.41, 5.74) is 2.02. The van der Waals surface area contributed by atoms with E-state index >= 15 is 0 Å². The summed E-state index contributed by atoms with van der Waals surface area (Å²) >= 11 is 3.53. The van der Waals surface area contributed by atoms with Crippen LogP contribution in [-0.4, -0.2) is 57.7 Å². The fourth-order valence-electron chi connectivity index (χ4n) is 3.55. The minimum atomic E-state index is 0.191. The Morgan fingerprint density at radius 1 is 1.15 bits per heavy atom. The van der Waals surface area contributed by atoms with Crippen LogP contribution < -0.4 is 0 Å². The van der Waals surface area contributed by atoms with Crippen molar-refractivity contribution in [1.29, 1.82) is 0 Å². The van der Waals surface area contributed by atoms with Crippen LogP contribution in [0.4, 0.5) is 0 Å². The number of thiophene rings is 1. The van der Waals surface area contributed by atoms with E-state index in [4.69, 9.17) is 4.98 Å². The summed E-state index contributed by atoms with van der Waals surface area (Å²) in [4.78, 5) is 23.5. The van der Waals surface area contributed by atoms with Crippen molar-refractivity contribution in [2.45, 2.75) is 18.8 Å². The number of amides is 1. The monoisotopic (exact) mass is 400 g/mol. The van der Waals surface area contributed by atoms with Gasteiger partial charge in [-0.2, -0.15) is 11.8 Å². The second-order valence-corrected chi connectivity index (χ2v) is 8.67. The highest BCUT2D eigenvalue weighted by molar-refractivity contribution is 7.97. The van der Waals surface area contributed by atoms with Crippen molar-refractivity contribution in [3.8, 4) is 0 Å². The molecule has 1 aromatic carbocycles. The molecule has 1 aliphatic rings. The first-order chi connectivity index (χ1) is 13.2. The van der Waals surface area contributed by atoms with Crippen LogP contribution in [0.1, 0.15) is 10.7 Å². The molecule has 5 nitrogen and oxygen atoms in total. The lowest BCUT2D eigenvalue weighted by Crippen LogP contribution is -2.49.